The Morgan fingerprint density at radius 2 is 1.49 bits per heavy atom. The van der Waals surface area contributed by atoms with Crippen LogP contribution < -0.4 is 9.62 Å². The number of nitrogens with one attached hydrogen (secondary N) is 1. The van der Waals surface area contributed by atoms with Crippen molar-refractivity contribution >= 4 is 39.1 Å². The molecule has 0 aliphatic rings. The van der Waals surface area contributed by atoms with Crippen LogP contribution in [0.25, 0.3) is 0 Å². The molecule has 0 saturated heterocycles. The fourth-order valence-corrected chi connectivity index (χ4v) is 5.79. The van der Waals surface area contributed by atoms with Crippen molar-refractivity contribution in [1.29, 1.82) is 0 Å². The minimum Gasteiger partial charge on any atom is -0.355 e. The molecule has 0 radical (unpaired) electrons. The molecular formula is C30H36ClN3O4S. The van der Waals surface area contributed by atoms with Crippen LogP contribution in [0.5, 0.6) is 0 Å². The second kappa shape index (κ2) is 13.1. The minimum absolute atomic E-state index is 0.0541. The molecule has 0 bridgehead atoms. The number of hydrogen-bond acceptors (Lipinski definition) is 4. The molecular weight excluding hydrogens is 534 g/mol. The number of rotatable bonds is 11. The van der Waals surface area contributed by atoms with Crippen LogP contribution >= 0.6 is 11.6 Å². The number of aryl methyl sites for hydroxylation is 3. The van der Waals surface area contributed by atoms with Crippen molar-refractivity contribution in [1.82, 2.24) is 10.2 Å². The maximum absolute atomic E-state index is 14.0. The average molecular weight is 570 g/mol. The molecule has 1 atom stereocenters. The number of sulfonamides is 1. The molecule has 0 unspecified atom stereocenters. The predicted octanol–water partition coefficient (Wildman–Crippen LogP) is 5.40. The smallest absolute Gasteiger partial charge is 0.264 e. The van der Waals surface area contributed by atoms with Gasteiger partial charge in [-0.25, -0.2) is 8.42 Å². The van der Waals surface area contributed by atoms with Crippen LogP contribution in [0.3, 0.4) is 0 Å². The van der Waals surface area contributed by atoms with Crippen molar-refractivity contribution in [3.63, 3.8) is 0 Å². The zero-order valence-electron chi connectivity index (χ0n) is 23.1. The number of hydrogen-bond donors (Lipinski definition) is 1. The van der Waals surface area contributed by atoms with Gasteiger partial charge in [0.25, 0.3) is 10.0 Å². The Kier molecular flexibility index (Phi) is 10.2. The maximum Gasteiger partial charge on any atom is 0.264 e. The lowest BCUT2D eigenvalue weighted by atomic mass is 10.1. The fourth-order valence-electron chi connectivity index (χ4n) is 4.20. The van der Waals surface area contributed by atoms with E-state index in [4.69, 9.17) is 11.6 Å². The van der Waals surface area contributed by atoms with E-state index < -0.39 is 28.5 Å². The molecule has 0 heterocycles. The molecule has 1 N–H and O–H groups in total. The second-order valence-corrected chi connectivity index (χ2v) is 11.9. The molecule has 3 aromatic carbocycles. The van der Waals surface area contributed by atoms with Crippen LogP contribution in [0, 0.1) is 20.8 Å². The van der Waals surface area contributed by atoms with Crippen LogP contribution in [-0.4, -0.2) is 44.3 Å². The van der Waals surface area contributed by atoms with Gasteiger partial charge in [0.05, 0.1) is 10.6 Å². The number of nitrogens with zero attached hydrogens (tertiary/aromatic N) is 2. The zero-order valence-corrected chi connectivity index (χ0v) is 24.6. The van der Waals surface area contributed by atoms with E-state index in [1.165, 1.54) is 17.0 Å². The molecule has 7 nitrogen and oxygen atoms in total. The largest absolute Gasteiger partial charge is 0.355 e. The molecule has 0 aliphatic heterocycles. The van der Waals surface area contributed by atoms with Gasteiger partial charge in [-0.3, -0.25) is 13.9 Å². The van der Waals surface area contributed by atoms with Gasteiger partial charge < -0.3 is 10.2 Å². The molecule has 0 fully saturated rings. The summed E-state index contributed by atoms with van der Waals surface area (Å²) < 4.78 is 28.9. The van der Waals surface area contributed by atoms with Gasteiger partial charge in [0, 0.05) is 18.1 Å². The van der Waals surface area contributed by atoms with E-state index in [1.807, 2.05) is 58.9 Å². The van der Waals surface area contributed by atoms with E-state index in [0.717, 1.165) is 26.6 Å². The molecule has 39 heavy (non-hydrogen) atoms. The molecule has 3 rings (SSSR count). The molecule has 2 amide bonds. The summed E-state index contributed by atoms with van der Waals surface area (Å²) in [4.78, 5) is 28.5. The molecule has 9 heteroatoms. The first-order valence-electron chi connectivity index (χ1n) is 13.0. The quantitative estimate of drug-likeness (QED) is 0.335. The van der Waals surface area contributed by atoms with Gasteiger partial charge in [0.2, 0.25) is 11.8 Å². The van der Waals surface area contributed by atoms with Gasteiger partial charge in [0.15, 0.2) is 0 Å². The predicted molar refractivity (Wildman–Crippen MR) is 156 cm³/mol. The van der Waals surface area contributed by atoms with E-state index >= 15 is 0 Å². The lowest BCUT2D eigenvalue weighted by molar-refractivity contribution is -0.140. The second-order valence-electron chi connectivity index (χ2n) is 9.58. The first kappa shape index (κ1) is 30.2. The highest BCUT2D eigenvalue weighted by Gasteiger charge is 2.33. The Hall–Kier alpha value is -3.36. The standard InChI is InChI=1S/C30H36ClN3O4S/c1-6-28(30(36)32-7-2)33(19-24-13-8-21(3)9-14-24)29(35)20-34(25-15-12-23(5)27(31)18-25)39(37,38)26-16-10-22(4)11-17-26/h8-18,28H,6-7,19-20H2,1-5H3,(H,32,36)/t28-/m1/s1. The summed E-state index contributed by atoms with van der Waals surface area (Å²) in [6, 6.07) is 18.3. The monoisotopic (exact) mass is 569 g/mol. The normalized spacial score (nSPS) is 12.1. The number of carbonyl (C=O) groups excluding carboxylic acids is 2. The highest BCUT2D eigenvalue weighted by molar-refractivity contribution is 7.92. The van der Waals surface area contributed by atoms with Crippen LogP contribution in [0.1, 0.15) is 42.5 Å². The summed E-state index contributed by atoms with van der Waals surface area (Å²) in [5.74, 6) is -0.784. The molecule has 0 saturated carbocycles. The Bertz CT molecular complexity index is 1410. The average Bonchev–Trinajstić information content (AvgIpc) is 2.90. The molecule has 0 spiro atoms. The SMILES string of the molecule is CCNC(=O)[C@@H](CC)N(Cc1ccc(C)cc1)C(=O)CN(c1ccc(C)c(Cl)c1)S(=O)(=O)c1ccc(C)cc1. The molecule has 0 aromatic heterocycles. The Balaban J connectivity index is 2.08. The Labute approximate surface area is 236 Å². The molecule has 3 aromatic rings. The topological polar surface area (TPSA) is 86.8 Å². The minimum atomic E-state index is -4.14. The number of amides is 2. The Morgan fingerprint density at radius 3 is 2.03 bits per heavy atom. The van der Waals surface area contributed by atoms with Crippen molar-refractivity contribution in [3.8, 4) is 0 Å². The number of benzene rings is 3. The third-order valence-corrected chi connectivity index (χ3v) is 8.74. The van der Waals surface area contributed by atoms with E-state index in [9.17, 15) is 18.0 Å². The van der Waals surface area contributed by atoms with Crippen LogP contribution in [0.2, 0.25) is 5.02 Å². The van der Waals surface area contributed by atoms with Gasteiger partial charge in [-0.05, 0) is 69.5 Å². The lowest BCUT2D eigenvalue weighted by Gasteiger charge is -2.33. The summed E-state index contributed by atoms with van der Waals surface area (Å²) in [5, 5.41) is 3.19. The Morgan fingerprint density at radius 1 is 0.897 bits per heavy atom. The van der Waals surface area contributed by atoms with Crippen LogP contribution in [0.15, 0.2) is 71.6 Å². The van der Waals surface area contributed by atoms with Crippen molar-refractivity contribution in [2.45, 2.75) is 58.5 Å². The summed E-state index contributed by atoms with van der Waals surface area (Å²) in [6.07, 6.45) is 0.366. The summed E-state index contributed by atoms with van der Waals surface area (Å²) in [6.45, 7) is 9.36. The highest BCUT2D eigenvalue weighted by Crippen LogP contribution is 2.29. The van der Waals surface area contributed by atoms with Gasteiger partial charge >= 0.3 is 0 Å². The van der Waals surface area contributed by atoms with E-state index in [2.05, 4.69) is 5.32 Å². The first-order valence-corrected chi connectivity index (χ1v) is 14.8. The van der Waals surface area contributed by atoms with E-state index in [1.54, 1.807) is 30.3 Å². The number of carbonyl (C=O) groups is 2. The summed E-state index contributed by atoms with van der Waals surface area (Å²) in [7, 11) is -4.14. The third-order valence-electron chi connectivity index (χ3n) is 6.54. The van der Waals surface area contributed by atoms with Crippen molar-refractivity contribution < 1.29 is 18.0 Å². The summed E-state index contributed by atoms with van der Waals surface area (Å²) >= 11 is 6.37. The van der Waals surface area contributed by atoms with Gasteiger partial charge in [0.1, 0.15) is 12.6 Å². The summed E-state index contributed by atoms with van der Waals surface area (Å²) in [5.41, 5.74) is 3.86. The van der Waals surface area contributed by atoms with Gasteiger partial charge in [-0.2, -0.15) is 0 Å². The number of halogens is 1. The highest BCUT2D eigenvalue weighted by atomic mass is 35.5. The van der Waals surface area contributed by atoms with Crippen LogP contribution in [-0.2, 0) is 26.2 Å². The zero-order chi connectivity index (χ0) is 28.7. The first-order chi connectivity index (χ1) is 18.5. The van der Waals surface area contributed by atoms with E-state index in [-0.39, 0.29) is 23.0 Å². The lowest BCUT2D eigenvalue weighted by Crippen LogP contribution is -2.52. The fraction of sp³-hybridized carbons (Fsp3) is 0.333. The van der Waals surface area contributed by atoms with Crippen molar-refractivity contribution in [2.24, 2.45) is 0 Å². The maximum atomic E-state index is 14.0. The number of likely N-dealkylation sites (N-methyl/N-ethyl adjacent to an activating group) is 1. The van der Waals surface area contributed by atoms with Crippen molar-refractivity contribution in [2.75, 3.05) is 17.4 Å². The molecule has 208 valence electrons. The van der Waals surface area contributed by atoms with Gasteiger partial charge in [-0.15, -0.1) is 0 Å². The third kappa shape index (κ3) is 7.40. The van der Waals surface area contributed by atoms with Gasteiger partial charge in [-0.1, -0.05) is 72.1 Å². The van der Waals surface area contributed by atoms with Crippen molar-refractivity contribution in [3.05, 3.63) is 94.0 Å². The van der Waals surface area contributed by atoms with E-state index in [0.29, 0.717) is 18.0 Å². The van der Waals surface area contributed by atoms with Crippen LogP contribution in [0.4, 0.5) is 5.69 Å². The number of anilines is 1. The molecule has 0 aliphatic carbocycles.